The molecule has 5 heteroatoms. The number of nitrogens with one attached hydrogen (secondary N) is 2. The molecule has 0 aliphatic carbocycles. The van der Waals surface area contributed by atoms with E-state index in [9.17, 15) is 4.79 Å². The van der Waals surface area contributed by atoms with Crippen molar-refractivity contribution in [1.82, 2.24) is 10.3 Å². The van der Waals surface area contributed by atoms with Crippen LogP contribution in [-0.2, 0) is 6.54 Å². The maximum Gasteiger partial charge on any atom is 0.252 e. The summed E-state index contributed by atoms with van der Waals surface area (Å²) >= 11 is 0. The third-order valence-electron chi connectivity index (χ3n) is 3.97. The Morgan fingerprint density at radius 1 is 1.00 bits per heavy atom. The molecule has 3 rings (SSSR count). The zero-order valence-corrected chi connectivity index (χ0v) is 15.1. The Kier molecular flexibility index (Phi) is 6.81. The van der Waals surface area contributed by atoms with Crippen LogP contribution < -0.4 is 15.4 Å². The smallest absolute Gasteiger partial charge is 0.252 e. The number of hydrogen-bond donors (Lipinski definition) is 2. The van der Waals surface area contributed by atoms with E-state index in [0.717, 1.165) is 30.0 Å². The number of hydrogen-bond acceptors (Lipinski definition) is 4. The lowest BCUT2D eigenvalue weighted by Crippen LogP contribution is -2.25. The fourth-order valence-electron chi connectivity index (χ4n) is 2.57. The van der Waals surface area contributed by atoms with Crippen LogP contribution in [0.3, 0.4) is 0 Å². The molecule has 1 heterocycles. The molecule has 2 N–H and O–H groups in total. The molecule has 0 aliphatic rings. The van der Waals surface area contributed by atoms with E-state index in [0.29, 0.717) is 18.7 Å². The van der Waals surface area contributed by atoms with E-state index in [2.05, 4.69) is 21.7 Å². The number of rotatable bonds is 9. The van der Waals surface area contributed by atoms with Crippen LogP contribution in [0.15, 0.2) is 79.1 Å². The van der Waals surface area contributed by atoms with Gasteiger partial charge in [0.05, 0.1) is 12.2 Å². The molecule has 1 amide bonds. The Bertz CT molecular complexity index is 838. The van der Waals surface area contributed by atoms with Gasteiger partial charge in [-0.1, -0.05) is 30.3 Å². The quantitative estimate of drug-likeness (QED) is 0.568. The van der Waals surface area contributed by atoms with Gasteiger partial charge >= 0.3 is 0 Å². The maximum atomic E-state index is 11.9. The second-order valence-corrected chi connectivity index (χ2v) is 6.07. The number of para-hydroxylation sites is 1. The fraction of sp³-hybridized carbons (Fsp3) is 0.182. The largest absolute Gasteiger partial charge is 0.494 e. The van der Waals surface area contributed by atoms with Crippen molar-refractivity contribution in [3.05, 3.63) is 90.3 Å². The number of aromatic nitrogens is 1. The summed E-state index contributed by atoms with van der Waals surface area (Å²) in [5.41, 5.74) is 2.81. The number of carbonyl (C=O) groups excluding carboxylic acids is 1. The topological polar surface area (TPSA) is 63.2 Å². The van der Waals surface area contributed by atoms with Gasteiger partial charge in [-0.2, -0.15) is 0 Å². The van der Waals surface area contributed by atoms with Crippen LogP contribution in [0.2, 0.25) is 0 Å². The Morgan fingerprint density at radius 3 is 2.70 bits per heavy atom. The molecule has 1 aromatic heterocycles. The number of anilines is 1. The zero-order chi connectivity index (χ0) is 18.7. The molecule has 0 saturated carbocycles. The van der Waals surface area contributed by atoms with Crippen molar-refractivity contribution < 1.29 is 9.53 Å². The van der Waals surface area contributed by atoms with Gasteiger partial charge in [0, 0.05) is 31.2 Å². The molecule has 27 heavy (non-hydrogen) atoms. The molecule has 0 spiro atoms. The number of amides is 1. The van der Waals surface area contributed by atoms with Gasteiger partial charge in [-0.3, -0.25) is 9.78 Å². The summed E-state index contributed by atoms with van der Waals surface area (Å²) in [6.07, 6.45) is 3.94. The molecule has 0 radical (unpaired) electrons. The van der Waals surface area contributed by atoms with Crippen LogP contribution in [0.5, 0.6) is 5.75 Å². The minimum absolute atomic E-state index is 0.114. The minimum Gasteiger partial charge on any atom is -0.494 e. The van der Waals surface area contributed by atoms with Gasteiger partial charge in [0.15, 0.2) is 0 Å². The van der Waals surface area contributed by atoms with E-state index in [1.165, 1.54) is 0 Å². The Labute approximate surface area is 159 Å². The standard InChI is InChI=1S/C22H23N3O2/c26-22(19-8-5-12-23-17-19)24-13-6-14-27-21-11-4-7-18(15-21)16-25-20-9-2-1-3-10-20/h1-5,7-12,15,17,25H,6,13-14,16H2,(H,24,26). The molecule has 138 valence electrons. The van der Waals surface area contributed by atoms with Gasteiger partial charge < -0.3 is 15.4 Å². The first-order valence-corrected chi connectivity index (χ1v) is 9.00. The SMILES string of the molecule is O=C(NCCCOc1cccc(CNc2ccccc2)c1)c1cccnc1. The van der Waals surface area contributed by atoms with Crippen LogP contribution in [0, 0.1) is 0 Å². The molecule has 0 saturated heterocycles. The Hall–Kier alpha value is -3.34. The molecular weight excluding hydrogens is 338 g/mol. The lowest BCUT2D eigenvalue weighted by Gasteiger charge is -2.10. The average Bonchev–Trinajstić information content (AvgIpc) is 2.73. The summed E-state index contributed by atoms with van der Waals surface area (Å²) < 4.78 is 5.79. The summed E-state index contributed by atoms with van der Waals surface area (Å²) in [5.74, 6) is 0.720. The van der Waals surface area contributed by atoms with Gasteiger partial charge in [0.1, 0.15) is 5.75 Å². The molecule has 0 atom stereocenters. The summed E-state index contributed by atoms with van der Waals surface area (Å²) in [4.78, 5) is 15.9. The van der Waals surface area contributed by atoms with Crippen LogP contribution in [0.4, 0.5) is 5.69 Å². The fourth-order valence-corrected chi connectivity index (χ4v) is 2.57. The summed E-state index contributed by atoms with van der Waals surface area (Å²) in [6.45, 7) is 1.84. The first-order chi connectivity index (χ1) is 13.3. The number of pyridine rings is 1. The van der Waals surface area contributed by atoms with E-state index < -0.39 is 0 Å². The van der Waals surface area contributed by atoms with Crippen molar-refractivity contribution in [3.8, 4) is 5.75 Å². The Morgan fingerprint density at radius 2 is 1.89 bits per heavy atom. The van der Waals surface area contributed by atoms with E-state index in [4.69, 9.17) is 4.74 Å². The molecule has 5 nitrogen and oxygen atoms in total. The second-order valence-electron chi connectivity index (χ2n) is 6.07. The monoisotopic (exact) mass is 361 g/mol. The lowest BCUT2D eigenvalue weighted by atomic mass is 10.2. The highest BCUT2D eigenvalue weighted by atomic mass is 16.5. The van der Waals surface area contributed by atoms with Crippen LogP contribution in [0.25, 0.3) is 0 Å². The molecule has 2 aromatic carbocycles. The van der Waals surface area contributed by atoms with Crippen LogP contribution >= 0.6 is 0 Å². The van der Waals surface area contributed by atoms with Gasteiger partial charge in [0.25, 0.3) is 5.91 Å². The normalized spacial score (nSPS) is 10.2. The summed E-state index contributed by atoms with van der Waals surface area (Å²) in [7, 11) is 0. The third-order valence-corrected chi connectivity index (χ3v) is 3.97. The van der Waals surface area contributed by atoms with Crippen molar-refractivity contribution in [1.29, 1.82) is 0 Å². The maximum absolute atomic E-state index is 11.9. The van der Waals surface area contributed by atoms with Crippen LogP contribution in [0.1, 0.15) is 22.3 Å². The number of ether oxygens (including phenoxy) is 1. The van der Waals surface area contributed by atoms with Gasteiger partial charge in [-0.15, -0.1) is 0 Å². The van der Waals surface area contributed by atoms with Gasteiger partial charge in [0.2, 0.25) is 0 Å². The average molecular weight is 361 g/mol. The predicted molar refractivity (Wildman–Crippen MR) is 107 cm³/mol. The number of carbonyl (C=O) groups is 1. The van der Waals surface area contributed by atoms with Crippen molar-refractivity contribution in [2.75, 3.05) is 18.5 Å². The summed E-state index contributed by atoms with van der Waals surface area (Å²) in [5, 5.41) is 6.25. The Balaban J connectivity index is 1.38. The highest BCUT2D eigenvalue weighted by Gasteiger charge is 2.04. The van der Waals surface area contributed by atoms with E-state index in [-0.39, 0.29) is 5.91 Å². The second kappa shape index (κ2) is 9.97. The van der Waals surface area contributed by atoms with Gasteiger partial charge in [-0.25, -0.2) is 0 Å². The molecule has 0 fully saturated rings. The highest BCUT2D eigenvalue weighted by molar-refractivity contribution is 5.93. The molecule has 0 aliphatic heterocycles. The molecular formula is C22H23N3O2. The van der Waals surface area contributed by atoms with Crippen molar-refractivity contribution in [3.63, 3.8) is 0 Å². The minimum atomic E-state index is -0.114. The van der Waals surface area contributed by atoms with Crippen LogP contribution in [-0.4, -0.2) is 24.0 Å². The van der Waals surface area contributed by atoms with E-state index in [1.54, 1.807) is 24.5 Å². The zero-order valence-electron chi connectivity index (χ0n) is 15.1. The number of nitrogens with zero attached hydrogens (tertiary/aromatic N) is 1. The van der Waals surface area contributed by atoms with Crippen molar-refractivity contribution >= 4 is 11.6 Å². The molecule has 3 aromatic rings. The van der Waals surface area contributed by atoms with E-state index >= 15 is 0 Å². The number of benzene rings is 2. The summed E-state index contributed by atoms with van der Waals surface area (Å²) in [6, 6.07) is 21.6. The van der Waals surface area contributed by atoms with E-state index in [1.807, 2.05) is 48.5 Å². The van der Waals surface area contributed by atoms with Crippen molar-refractivity contribution in [2.24, 2.45) is 0 Å². The lowest BCUT2D eigenvalue weighted by molar-refractivity contribution is 0.0951. The highest BCUT2D eigenvalue weighted by Crippen LogP contribution is 2.15. The first kappa shape index (κ1) is 18.5. The van der Waals surface area contributed by atoms with Gasteiger partial charge in [-0.05, 0) is 48.4 Å². The predicted octanol–water partition coefficient (Wildman–Crippen LogP) is 3.89. The first-order valence-electron chi connectivity index (χ1n) is 9.00. The van der Waals surface area contributed by atoms with Crippen molar-refractivity contribution in [2.45, 2.75) is 13.0 Å². The molecule has 0 unspecified atom stereocenters. The third kappa shape index (κ3) is 6.15. The molecule has 0 bridgehead atoms.